The largest absolute Gasteiger partial charge is 0.496 e. The Balaban J connectivity index is 2.36. The average molecular weight is 209 g/mol. The van der Waals surface area contributed by atoms with Gasteiger partial charge in [-0.1, -0.05) is 6.07 Å². The van der Waals surface area contributed by atoms with Crippen molar-refractivity contribution in [2.75, 3.05) is 13.4 Å². The van der Waals surface area contributed by atoms with E-state index in [4.69, 9.17) is 10.5 Å². The third-order valence-corrected chi connectivity index (χ3v) is 3.52. The van der Waals surface area contributed by atoms with Gasteiger partial charge in [-0.15, -0.1) is 11.8 Å². The van der Waals surface area contributed by atoms with Crippen LogP contribution in [-0.2, 0) is 5.54 Å². The average Bonchev–Trinajstić information content (AvgIpc) is 2.97. The van der Waals surface area contributed by atoms with Crippen molar-refractivity contribution in [1.82, 2.24) is 0 Å². The molecule has 0 bridgehead atoms. The van der Waals surface area contributed by atoms with Crippen molar-refractivity contribution in [3.63, 3.8) is 0 Å². The zero-order valence-electron chi connectivity index (χ0n) is 8.54. The number of hydrogen-bond acceptors (Lipinski definition) is 3. The van der Waals surface area contributed by atoms with Gasteiger partial charge in [0.15, 0.2) is 0 Å². The van der Waals surface area contributed by atoms with Crippen LogP contribution in [0.3, 0.4) is 0 Å². The predicted molar refractivity (Wildman–Crippen MR) is 59.9 cm³/mol. The van der Waals surface area contributed by atoms with Gasteiger partial charge < -0.3 is 10.5 Å². The molecule has 2 nitrogen and oxygen atoms in total. The number of methoxy groups -OCH3 is 1. The summed E-state index contributed by atoms with van der Waals surface area (Å²) in [6.45, 7) is 0. The molecule has 1 saturated carbocycles. The molecular weight excluding hydrogens is 194 g/mol. The normalized spacial score (nSPS) is 17.9. The maximum atomic E-state index is 6.12. The van der Waals surface area contributed by atoms with Gasteiger partial charge in [-0.2, -0.15) is 0 Å². The van der Waals surface area contributed by atoms with E-state index >= 15 is 0 Å². The maximum Gasteiger partial charge on any atom is 0.132 e. The molecule has 0 amide bonds. The Morgan fingerprint density at radius 1 is 1.43 bits per heavy atom. The lowest BCUT2D eigenvalue weighted by Crippen LogP contribution is -2.18. The second-order valence-electron chi connectivity index (χ2n) is 3.73. The number of benzene rings is 1. The summed E-state index contributed by atoms with van der Waals surface area (Å²) in [7, 11) is 1.70. The Hall–Kier alpha value is -0.670. The van der Waals surface area contributed by atoms with E-state index in [0.717, 1.165) is 18.6 Å². The highest BCUT2D eigenvalue weighted by Crippen LogP contribution is 2.44. The van der Waals surface area contributed by atoms with Gasteiger partial charge in [0.1, 0.15) is 5.75 Å². The van der Waals surface area contributed by atoms with Crippen molar-refractivity contribution in [2.24, 2.45) is 5.73 Å². The van der Waals surface area contributed by atoms with Crippen LogP contribution < -0.4 is 10.5 Å². The minimum absolute atomic E-state index is 0.0653. The Labute approximate surface area is 88.8 Å². The minimum Gasteiger partial charge on any atom is -0.496 e. The number of thioether (sulfide) groups is 1. The molecule has 0 heterocycles. The van der Waals surface area contributed by atoms with Crippen molar-refractivity contribution < 1.29 is 4.74 Å². The molecule has 0 radical (unpaired) electrons. The third kappa shape index (κ3) is 1.62. The third-order valence-electron chi connectivity index (χ3n) is 2.75. The molecule has 1 aliphatic carbocycles. The molecule has 14 heavy (non-hydrogen) atoms. The van der Waals surface area contributed by atoms with Gasteiger partial charge in [0.2, 0.25) is 0 Å². The van der Waals surface area contributed by atoms with E-state index in [-0.39, 0.29) is 5.54 Å². The lowest BCUT2D eigenvalue weighted by Gasteiger charge is -2.12. The van der Waals surface area contributed by atoms with Crippen LogP contribution >= 0.6 is 11.8 Å². The van der Waals surface area contributed by atoms with Gasteiger partial charge in [-0.3, -0.25) is 0 Å². The number of hydrogen-bond donors (Lipinski definition) is 1. The van der Waals surface area contributed by atoms with Crippen LogP contribution in [0.5, 0.6) is 5.75 Å². The topological polar surface area (TPSA) is 35.2 Å². The fourth-order valence-corrected chi connectivity index (χ4v) is 2.12. The first-order valence-corrected chi connectivity index (χ1v) is 5.93. The summed E-state index contributed by atoms with van der Waals surface area (Å²) in [6, 6.07) is 6.27. The lowest BCUT2D eigenvalue weighted by molar-refractivity contribution is 0.403. The first kappa shape index (κ1) is 9.87. The second-order valence-corrected chi connectivity index (χ2v) is 4.57. The van der Waals surface area contributed by atoms with E-state index < -0.39 is 0 Å². The molecule has 0 saturated heterocycles. The van der Waals surface area contributed by atoms with E-state index in [2.05, 4.69) is 18.2 Å². The molecule has 0 atom stereocenters. The van der Waals surface area contributed by atoms with Crippen LogP contribution in [0.4, 0.5) is 0 Å². The molecule has 0 aliphatic heterocycles. The highest BCUT2D eigenvalue weighted by molar-refractivity contribution is 7.98. The zero-order chi connectivity index (χ0) is 10.2. The van der Waals surface area contributed by atoms with Gasteiger partial charge in [0, 0.05) is 10.4 Å². The molecule has 0 spiro atoms. The molecule has 1 aliphatic rings. The van der Waals surface area contributed by atoms with Crippen LogP contribution in [0.2, 0.25) is 0 Å². The van der Waals surface area contributed by atoms with E-state index in [1.807, 2.05) is 6.26 Å². The molecule has 1 aromatic rings. The molecule has 3 heteroatoms. The fraction of sp³-hybridized carbons (Fsp3) is 0.455. The predicted octanol–water partition coefficient (Wildman–Crippen LogP) is 2.36. The number of ether oxygens (including phenoxy) is 1. The fourth-order valence-electron chi connectivity index (χ4n) is 1.57. The second kappa shape index (κ2) is 3.48. The zero-order valence-corrected chi connectivity index (χ0v) is 9.36. The molecule has 2 N–H and O–H groups in total. The summed E-state index contributed by atoms with van der Waals surface area (Å²) < 4.78 is 5.32. The van der Waals surface area contributed by atoms with Crippen LogP contribution in [-0.4, -0.2) is 13.4 Å². The van der Waals surface area contributed by atoms with Gasteiger partial charge in [-0.05, 0) is 36.8 Å². The Morgan fingerprint density at radius 3 is 2.64 bits per heavy atom. The van der Waals surface area contributed by atoms with Crippen molar-refractivity contribution >= 4 is 11.8 Å². The molecular formula is C11H15NOS. The van der Waals surface area contributed by atoms with Crippen LogP contribution in [0.1, 0.15) is 18.4 Å². The Kier molecular flexibility index (Phi) is 2.45. The Bertz CT molecular complexity index is 347. The summed E-state index contributed by atoms with van der Waals surface area (Å²) >= 11 is 1.69. The first-order chi connectivity index (χ1) is 6.69. The standard InChI is InChI=1S/C11H15NOS/c1-13-9-7-8(11(12)5-6-11)3-4-10(9)14-2/h3-4,7H,5-6,12H2,1-2H3. The molecule has 1 aromatic carbocycles. The summed E-state index contributed by atoms with van der Waals surface area (Å²) in [6.07, 6.45) is 4.23. The van der Waals surface area contributed by atoms with Gasteiger partial charge >= 0.3 is 0 Å². The van der Waals surface area contributed by atoms with Crippen molar-refractivity contribution in [1.29, 1.82) is 0 Å². The first-order valence-electron chi connectivity index (χ1n) is 4.71. The maximum absolute atomic E-state index is 6.12. The van der Waals surface area contributed by atoms with Gasteiger partial charge in [0.25, 0.3) is 0 Å². The van der Waals surface area contributed by atoms with E-state index in [1.54, 1.807) is 18.9 Å². The van der Waals surface area contributed by atoms with Gasteiger partial charge in [-0.25, -0.2) is 0 Å². The van der Waals surface area contributed by atoms with Crippen molar-refractivity contribution in [2.45, 2.75) is 23.3 Å². The molecule has 0 aromatic heterocycles. The van der Waals surface area contributed by atoms with Gasteiger partial charge in [0.05, 0.1) is 7.11 Å². The van der Waals surface area contributed by atoms with Crippen molar-refractivity contribution in [3.05, 3.63) is 23.8 Å². The smallest absolute Gasteiger partial charge is 0.132 e. The van der Waals surface area contributed by atoms with Crippen molar-refractivity contribution in [3.8, 4) is 5.75 Å². The number of nitrogens with two attached hydrogens (primary N) is 1. The molecule has 1 fully saturated rings. The highest BCUT2D eigenvalue weighted by Gasteiger charge is 2.40. The summed E-state index contributed by atoms with van der Waals surface area (Å²) in [4.78, 5) is 1.17. The number of rotatable bonds is 3. The van der Waals surface area contributed by atoms with E-state index in [1.165, 1.54) is 10.5 Å². The quantitative estimate of drug-likeness (QED) is 0.776. The molecule has 0 unspecified atom stereocenters. The highest BCUT2D eigenvalue weighted by atomic mass is 32.2. The summed E-state index contributed by atoms with van der Waals surface area (Å²) in [5.74, 6) is 0.937. The SMILES string of the molecule is COc1cc(C2(N)CC2)ccc1SC. The summed E-state index contributed by atoms with van der Waals surface area (Å²) in [5.41, 5.74) is 7.26. The van der Waals surface area contributed by atoms with E-state index in [9.17, 15) is 0 Å². The summed E-state index contributed by atoms with van der Waals surface area (Å²) in [5, 5.41) is 0. The monoisotopic (exact) mass is 209 g/mol. The van der Waals surface area contributed by atoms with Crippen LogP contribution in [0.25, 0.3) is 0 Å². The molecule has 2 rings (SSSR count). The molecule has 76 valence electrons. The van der Waals surface area contributed by atoms with E-state index in [0.29, 0.717) is 0 Å². The van der Waals surface area contributed by atoms with Crippen LogP contribution in [0.15, 0.2) is 23.1 Å². The minimum atomic E-state index is -0.0653. The lowest BCUT2D eigenvalue weighted by atomic mass is 10.1. The van der Waals surface area contributed by atoms with Crippen LogP contribution in [0, 0.1) is 0 Å². The Morgan fingerprint density at radius 2 is 2.14 bits per heavy atom.